The first-order valence-electron chi connectivity index (χ1n) is 6.90. The Morgan fingerprint density at radius 3 is 2.86 bits per heavy atom. The summed E-state index contributed by atoms with van der Waals surface area (Å²) in [7, 11) is 0. The van der Waals surface area contributed by atoms with E-state index in [1.165, 1.54) is 6.20 Å². The molecule has 0 bridgehead atoms. The summed E-state index contributed by atoms with van der Waals surface area (Å²) in [5.74, 6) is 0.288. The summed E-state index contributed by atoms with van der Waals surface area (Å²) in [4.78, 5) is 20.6. The Hall–Kier alpha value is -1.73. The van der Waals surface area contributed by atoms with Gasteiger partial charge in [-0.05, 0) is 54.0 Å². The van der Waals surface area contributed by atoms with Gasteiger partial charge in [-0.25, -0.2) is 9.97 Å². The summed E-state index contributed by atoms with van der Waals surface area (Å²) in [6.07, 6.45) is 7.12. The normalized spacial score (nSPS) is 15.9. The Balaban J connectivity index is 1.75. The number of nitrogens with one attached hydrogen (secondary N) is 2. The molecule has 0 spiro atoms. The number of nitrogens with zero attached hydrogens (tertiary/aromatic N) is 3. The number of aromatic nitrogens is 3. The second-order valence-electron chi connectivity index (χ2n) is 4.96. The number of carbonyl (C=O) groups excluding carboxylic acids is 1. The molecule has 7 heteroatoms. The van der Waals surface area contributed by atoms with E-state index in [4.69, 9.17) is 0 Å². The van der Waals surface area contributed by atoms with Crippen LogP contribution < -0.4 is 10.6 Å². The van der Waals surface area contributed by atoms with Crippen LogP contribution in [0.4, 0.5) is 5.82 Å². The van der Waals surface area contributed by atoms with Gasteiger partial charge in [0.05, 0.1) is 12.4 Å². The maximum Gasteiger partial charge on any atom is 0.273 e. The molecule has 1 aliphatic heterocycles. The van der Waals surface area contributed by atoms with Gasteiger partial charge >= 0.3 is 0 Å². The van der Waals surface area contributed by atoms with E-state index in [0.29, 0.717) is 22.2 Å². The number of anilines is 1. The van der Waals surface area contributed by atoms with Crippen molar-refractivity contribution in [2.75, 3.05) is 18.4 Å². The van der Waals surface area contributed by atoms with Gasteiger partial charge in [0, 0.05) is 12.2 Å². The minimum absolute atomic E-state index is 0.157. The van der Waals surface area contributed by atoms with Crippen LogP contribution in [0.15, 0.2) is 35.3 Å². The number of amides is 1. The molecular formula is C14H16BrN5O. The van der Waals surface area contributed by atoms with E-state index in [1.807, 2.05) is 18.3 Å². The first-order valence-corrected chi connectivity index (χ1v) is 7.70. The minimum Gasteiger partial charge on any atom is -0.340 e. The first-order chi connectivity index (χ1) is 10.2. The van der Waals surface area contributed by atoms with Gasteiger partial charge in [0.1, 0.15) is 10.3 Å². The zero-order valence-corrected chi connectivity index (χ0v) is 13.0. The summed E-state index contributed by atoms with van der Waals surface area (Å²) in [5, 5.41) is 6.12. The smallest absolute Gasteiger partial charge is 0.273 e. The fraction of sp³-hybridized carbons (Fsp3) is 0.357. The molecule has 2 aromatic heterocycles. The molecule has 0 atom stereocenters. The van der Waals surface area contributed by atoms with Crippen LogP contribution in [0.25, 0.3) is 0 Å². The van der Waals surface area contributed by atoms with Crippen molar-refractivity contribution in [1.82, 2.24) is 19.9 Å². The first kappa shape index (κ1) is 14.2. The van der Waals surface area contributed by atoms with E-state index in [-0.39, 0.29) is 5.91 Å². The van der Waals surface area contributed by atoms with Crippen molar-refractivity contribution in [3.63, 3.8) is 0 Å². The summed E-state index contributed by atoms with van der Waals surface area (Å²) < 4.78 is 2.70. The summed E-state index contributed by atoms with van der Waals surface area (Å²) in [6, 6.07) is 4.12. The predicted octanol–water partition coefficient (Wildman–Crippen LogP) is 2.22. The lowest BCUT2D eigenvalue weighted by atomic mass is 10.1. The Morgan fingerprint density at radius 1 is 1.33 bits per heavy atom. The van der Waals surface area contributed by atoms with E-state index in [0.717, 1.165) is 25.9 Å². The molecule has 0 saturated carbocycles. The molecule has 0 unspecified atom stereocenters. The average molecular weight is 350 g/mol. The quantitative estimate of drug-likeness (QED) is 0.891. The van der Waals surface area contributed by atoms with Crippen LogP contribution in [0, 0.1) is 0 Å². The minimum atomic E-state index is -0.157. The molecule has 3 rings (SSSR count). The number of carbonyl (C=O) groups is 1. The third-order valence-corrected chi connectivity index (χ3v) is 3.99. The van der Waals surface area contributed by atoms with Gasteiger partial charge in [-0.1, -0.05) is 0 Å². The van der Waals surface area contributed by atoms with Crippen molar-refractivity contribution in [1.29, 1.82) is 0 Å². The fourth-order valence-electron chi connectivity index (χ4n) is 2.55. The van der Waals surface area contributed by atoms with E-state index < -0.39 is 0 Å². The molecule has 21 heavy (non-hydrogen) atoms. The van der Waals surface area contributed by atoms with E-state index in [2.05, 4.69) is 41.1 Å². The highest BCUT2D eigenvalue weighted by atomic mass is 79.9. The van der Waals surface area contributed by atoms with Crippen LogP contribution in [0.5, 0.6) is 0 Å². The standard InChI is InChI=1S/C14H16BrN5O/c15-12-8-18-13(9-17-12)19-14(21)11-2-1-7-20(11)10-3-5-16-6-4-10/h1-2,7-10,16H,3-6H2,(H,18,19,21). The van der Waals surface area contributed by atoms with Crippen molar-refractivity contribution < 1.29 is 4.79 Å². The second-order valence-corrected chi connectivity index (χ2v) is 5.77. The Bertz CT molecular complexity index is 619. The van der Waals surface area contributed by atoms with Gasteiger partial charge in [-0.3, -0.25) is 4.79 Å². The van der Waals surface area contributed by atoms with Crippen LogP contribution in [-0.2, 0) is 0 Å². The van der Waals surface area contributed by atoms with Crippen molar-refractivity contribution in [2.24, 2.45) is 0 Å². The molecule has 1 fully saturated rings. The number of hydrogen-bond acceptors (Lipinski definition) is 4. The van der Waals surface area contributed by atoms with Gasteiger partial charge in [0.2, 0.25) is 0 Å². The lowest BCUT2D eigenvalue weighted by Gasteiger charge is -2.25. The highest BCUT2D eigenvalue weighted by molar-refractivity contribution is 9.10. The van der Waals surface area contributed by atoms with Crippen LogP contribution in [0.2, 0.25) is 0 Å². The molecule has 1 saturated heterocycles. The molecule has 6 nitrogen and oxygen atoms in total. The van der Waals surface area contributed by atoms with Gasteiger partial charge in [-0.2, -0.15) is 0 Å². The van der Waals surface area contributed by atoms with Gasteiger partial charge < -0.3 is 15.2 Å². The van der Waals surface area contributed by atoms with Crippen LogP contribution >= 0.6 is 15.9 Å². The summed E-state index contributed by atoms with van der Waals surface area (Å²) in [6.45, 7) is 1.98. The van der Waals surface area contributed by atoms with Crippen LogP contribution in [-0.4, -0.2) is 33.5 Å². The Kier molecular flexibility index (Phi) is 4.31. The molecule has 3 heterocycles. The SMILES string of the molecule is O=C(Nc1cnc(Br)cn1)c1cccn1C1CCNCC1. The molecule has 2 N–H and O–H groups in total. The second kappa shape index (κ2) is 6.36. The third-order valence-electron chi connectivity index (χ3n) is 3.58. The van der Waals surface area contributed by atoms with Crippen molar-refractivity contribution in [3.8, 4) is 0 Å². The molecule has 1 amide bonds. The van der Waals surface area contributed by atoms with Crippen LogP contribution in [0.1, 0.15) is 29.4 Å². The number of halogens is 1. The topological polar surface area (TPSA) is 71.8 Å². The molecule has 0 radical (unpaired) electrons. The Labute approximate surface area is 131 Å². The summed E-state index contributed by atoms with van der Waals surface area (Å²) >= 11 is 3.22. The van der Waals surface area contributed by atoms with Gasteiger partial charge in [0.15, 0.2) is 5.82 Å². The number of piperidine rings is 1. The maximum absolute atomic E-state index is 12.4. The van der Waals surface area contributed by atoms with Crippen LogP contribution in [0.3, 0.4) is 0 Å². The molecule has 2 aromatic rings. The van der Waals surface area contributed by atoms with Gasteiger partial charge in [-0.15, -0.1) is 0 Å². The number of hydrogen-bond donors (Lipinski definition) is 2. The maximum atomic E-state index is 12.4. The van der Waals surface area contributed by atoms with E-state index in [1.54, 1.807) is 6.20 Å². The summed E-state index contributed by atoms with van der Waals surface area (Å²) in [5.41, 5.74) is 0.659. The third kappa shape index (κ3) is 3.30. The largest absolute Gasteiger partial charge is 0.340 e. The average Bonchev–Trinajstić information content (AvgIpc) is 3.00. The predicted molar refractivity (Wildman–Crippen MR) is 83.3 cm³/mol. The molecule has 110 valence electrons. The van der Waals surface area contributed by atoms with Crippen molar-refractivity contribution >= 4 is 27.7 Å². The number of rotatable bonds is 3. The van der Waals surface area contributed by atoms with Gasteiger partial charge in [0.25, 0.3) is 5.91 Å². The highest BCUT2D eigenvalue weighted by Gasteiger charge is 2.20. The van der Waals surface area contributed by atoms with E-state index >= 15 is 0 Å². The Morgan fingerprint density at radius 2 is 2.14 bits per heavy atom. The highest BCUT2D eigenvalue weighted by Crippen LogP contribution is 2.21. The molecule has 0 aromatic carbocycles. The molecule has 1 aliphatic rings. The lowest BCUT2D eigenvalue weighted by molar-refractivity contribution is 0.101. The molecular weight excluding hydrogens is 334 g/mol. The van der Waals surface area contributed by atoms with Crippen molar-refractivity contribution in [2.45, 2.75) is 18.9 Å². The zero-order chi connectivity index (χ0) is 14.7. The lowest BCUT2D eigenvalue weighted by Crippen LogP contribution is -2.31. The molecule has 0 aliphatic carbocycles. The zero-order valence-electron chi connectivity index (χ0n) is 11.4. The van der Waals surface area contributed by atoms with E-state index in [9.17, 15) is 4.79 Å². The monoisotopic (exact) mass is 349 g/mol. The fourth-order valence-corrected chi connectivity index (χ4v) is 2.75. The van der Waals surface area contributed by atoms with Crippen molar-refractivity contribution in [3.05, 3.63) is 41.0 Å².